The van der Waals surface area contributed by atoms with Gasteiger partial charge in [-0.25, -0.2) is 4.79 Å². The summed E-state index contributed by atoms with van der Waals surface area (Å²) in [5.74, 6) is -0.0669. The lowest BCUT2D eigenvalue weighted by Gasteiger charge is -2.25. The fourth-order valence-electron chi connectivity index (χ4n) is 0.505. The van der Waals surface area contributed by atoms with E-state index in [1.807, 2.05) is 6.92 Å². The van der Waals surface area contributed by atoms with E-state index < -0.39 is 5.60 Å². The minimum Gasteiger partial charge on any atom is -0.455 e. The highest BCUT2D eigenvalue weighted by molar-refractivity contribution is 6.18. The van der Waals surface area contributed by atoms with Gasteiger partial charge in [-0.3, -0.25) is 0 Å². The third-order valence-electron chi connectivity index (χ3n) is 1.72. The van der Waals surface area contributed by atoms with Crippen molar-refractivity contribution >= 4 is 17.6 Å². The van der Waals surface area contributed by atoms with Crippen LogP contribution in [0.3, 0.4) is 0 Å². The lowest BCUT2D eigenvalue weighted by atomic mass is 10.1. The zero-order valence-corrected chi connectivity index (χ0v) is 8.57. The molecule has 0 saturated heterocycles. The number of hydrogen-bond acceptors (Lipinski definition) is 2. The van der Waals surface area contributed by atoms with Gasteiger partial charge < -0.3 is 4.74 Å². The van der Waals surface area contributed by atoms with E-state index in [1.165, 1.54) is 0 Å². The molecule has 0 aromatic rings. The average Bonchev–Trinajstić information content (AvgIpc) is 2.04. The molecule has 0 fully saturated rings. The molecule has 0 rings (SSSR count). The van der Waals surface area contributed by atoms with E-state index in [-0.39, 0.29) is 5.97 Å². The van der Waals surface area contributed by atoms with Gasteiger partial charge in [-0.1, -0.05) is 13.5 Å². The van der Waals surface area contributed by atoms with Crippen molar-refractivity contribution < 1.29 is 9.53 Å². The van der Waals surface area contributed by atoms with Crippen LogP contribution in [0, 0.1) is 0 Å². The fourth-order valence-corrected chi connectivity index (χ4v) is 0.748. The molecule has 0 amide bonds. The fraction of sp³-hybridized carbons (Fsp3) is 0.667. The van der Waals surface area contributed by atoms with Gasteiger partial charge in [0.15, 0.2) is 0 Å². The van der Waals surface area contributed by atoms with Crippen LogP contribution in [0.5, 0.6) is 0 Å². The number of halogens is 1. The van der Waals surface area contributed by atoms with Crippen LogP contribution in [0.1, 0.15) is 27.2 Å². The molecule has 0 radical (unpaired) electrons. The summed E-state index contributed by atoms with van der Waals surface area (Å²) in [6, 6.07) is 0. The molecule has 0 heterocycles. The van der Waals surface area contributed by atoms with E-state index in [9.17, 15) is 4.79 Å². The zero-order valence-electron chi connectivity index (χ0n) is 7.82. The molecule has 0 bridgehead atoms. The van der Waals surface area contributed by atoms with Crippen LogP contribution in [0.2, 0.25) is 0 Å². The smallest absolute Gasteiger partial charge is 0.333 e. The van der Waals surface area contributed by atoms with Crippen molar-refractivity contribution in [1.82, 2.24) is 0 Å². The van der Waals surface area contributed by atoms with Gasteiger partial charge in [0.25, 0.3) is 0 Å². The molecule has 2 nitrogen and oxygen atoms in total. The Balaban J connectivity index is 4.21. The lowest BCUT2D eigenvalue weighted by Crippen LogP contribution is -2.33. The predicted octanol–water partition coefficient (Wildman–Crippen LogP) is 2.51. The van der Waals surface area contributed by atoms with E-state index in [1.54, 1.807) is 13.8 Å². The highest BCUT2D eigenvalue weighted by Gasteiger charge is 2.25. The molecule has 0 aliphatic carbocycles. The summed E-state index contributed by atoms with van der Waals surface area (Å²) in [6.07, 6.45) is 0.704. The van der Waals surface area contributed by atoms with Crippen LogP contribution >= 0.6 is 11.6 Å². The molecular formula is C9H15ClO2. The first-order valence-corrected chi connectivity index (χ1v) is 4.43. The summed E-state index contributed by atoms with van der Waals surface area (Å²) < 4.78 is 5.13. The Labute approximate surface area is 78.5 Å². The Morgan fingerprint density at radius 2 is 2.17 bits per heavy atom. The Kier molecular flexibility index (Phi) is 4.32. The number of esters is 1. The molecule has 0 aliphatic rings. The summed E-state index contributed by atoms with van der Waals surface area (Å²) in [7, 11) is 0. The second kappa shape index (κ2) is 4.51. The van der Waals surface area contributed by atoms with Crippen LogP contribution < -0.4 is 0 Å². The van der Waals surface area contributed by atoms with Gasteiger partial charge >= 0.3 is 5.97 Å². The Bertz CT molecular complexity index is 183. The van der Waals surface area contributed by atoms with E-state index in [0.29, 0.717) is 17.9 Å². The number of rotatable bonds is 4. The lowest BCUT2D eigenvalue weighted by molar-refractivity contribution is -0.151. The van der Waals surface area contributed by atoms with Crippen molar-refractivity contribution in [3.05, 3.63) is 12.2 Å². The predicted molar refractivity (Wildman–Crippen MR) is 50.3 cm³/mol. The Morgan fingerprint density at radius 3 is 2.42 bits per heavy atom. The Hall–Kier alpha value is -0.500. The van der Waals surface area contributed by atoms with Crippen molar-refractivity contribution in [2.75, 3.05) is 5.88 Å². The number of carbonyl (C=O) groups excluding carboxylic acids is 1. The van der Waals surface area contributed by atoms with Gasteiger partial charge in [-0.2, -0.15) is 0 Å². The van der Waals surface area contributed by atoms with Gasteiger partial charge in [-0.15, -0.1) is 11.6 Å². The maximum Gasteiger partial charge on any atom is 0.333 e. The first-order chi connectivity index (χ1) is 5.45. The van der Waals surface area contributed by atoms with Crippen LogP contribution in [-0.4, -0.2) is 17.5 Å². The molecular weight excluding hydrogens is 176 g/mol. The maximum absolute atomic E-state index is 11.1. The SMILES string of the molecule is C=C(C)C(=O)OC(C)(CC)CCl. The van der Waals surface area contributed by atoms with Crippen molar-refractivity contribution in [2.45, 2.75) is 32.8 Å². The monoisotopic (exact) mass is 190 g/mol. The molecule has 0 N–H and O–H groups in total. The number of carbonyl (C=O) groups is 1. The largest absolute Gasteiger partial charge is 0.455 e. The molecule has 3 heteroatoms. The first kappa shape index (κ1) is 11.5. The molecule has 0 aromatic carbocycles. The maximum atomic E-state index is 11.1. The van der Waals surface area contributed by atoms with E-state index in [2.05, 4.69) is 6.58 Å². The standard InChI is InChI=1S/C9H15ClO2/c1-5-9(4,6-10)12-8(11)7(2)3/h2,5-6H2,1,3-4H3. The molecule has 12 heavy (non-hydrogen) atoms. The van der Waals surface area contributed by atoms with Crippen molar-refractivity contribution in [1.29, 1.82) is 0 Å². The van der Waals surface area contributed by atoms with Gasteiger partial charge in [-0.05, 0) is 20.3 Å². The van der Waals surface area contributed by atoms with Crippen LogP contribution in [-0.2, 0) is 9.53 Å². The second-order valence-corrected chi connectivity index (χ2v) is 3.37. The summed E-state index contributed by atoms with van der Waals surface area (Å²) in [5, 5.41) is 0. The number of ether oxygens (including phenoxy) is 1. The summed E-state index contributed by atoms with van der Waals surface area (Å²) in [6.45, 7) is 8.84. The third-order valence-corrected chi connectivity index (χ3v) is 2.28. The van der Waals surface area contributed by atoms with Crippen LogP contribution in [0.4, 0.5) is 0 Å². The molecule has 0 aromatic heterocycles. The minimum absolute atomic E-state index is 0.308. The van der Waals surface area contributed by atoms with Gasteiger partial charge in [0.2, 0.25) is 0 Å². The van der Waals surface area contributed by atoms with Crippen LogP contribution in [0.15, 0.2) is 12.2 Å². The molecule has 1 atom stereocenters. The summed E-state index contributed by atoms with van der Waals surface area (Å²) >= 11 is 5.65. The topological polar surface area (TPSA) is 26.3 Å². The molecule has 0 spiro atoms. The van der Waals surface area contributed by atoms with Gasteiger partial charge in [0.05, 0.1) is 5.88 Å². The quantitative estimate of drug-likeness (QED) is 0.387. The summed E-state index contributed by atoms with van der Waals surface area (Å²) in [5.41, 5.74) is -0.155. The first-order valence-electron chi connectivity index (χ1n) is 3.90. The molecule has 70 valence electrons. The number of alkyl halides is 1. The Morgan fingerprint density at radius 1 is 1.67 bits per heavy atom. The van der Waals surface area contributed by atoms with Crippen molar-refractivity contribution in [2.24, 2.45) is 0 Å². The van der Waals surface area contributed by atoms with Gasteiger partial charge in [0.1, 0.15) is 5.60 Å². The van der Waals surface area contributed by atoms with Crippen LogP contribution in [0.25, 0.3) is 0 Å². The molecule has 0 saturated carbocycles. The number of hydrogen-bond donors (Lipinski definition) is 0. The van der Waals surface area contributed by atoms with Gasteiger partial charge in [0, 0.05) is 5.57 Å². The highest BCUT2D eigenvalue weighted by Crippen LogP contribution is 2.18. The normalized spacial score (nSPS) is 15.0. The average molecular weight is 191 g/mol. The molecule has 0 aliphatic heterocycles. The van der Waals surface area contributed by atoms with E-state index >= 15 is 0 Å². The van der Waals surface area contributed by atoms with E-state index in [4.69, 9.17) is 16.3 Å². The zero-order chi connectivity index (χ0) is 9.78. The van der Waals surface area contributed by atoms with Crippen molar-refractivity contribution in [3.63, 3.8) is 0 Å². The molecule has 1 unspecified atom stereocenters. The van der Waals surface area contributed by atoms with E-state index in [0.717, 1.165) is 0 Å². The second-order valence-electron chi connectivity index (χ2n) is 3.11. The van der Waals surface area contributed by atoms with Crippen molar-refractivity contribution in [3.8, 4) is 0 Å². The third kappa shape index (κ3) is 3.26. The summed E-state index contributed by atoms with van der Waals surface area (Å²) in [4.78, 5) is 11.1. The minimum atomic E-state index is -0.558. The highest BCUT2D eigenvalue weighted by atomic mass is 35.5.